The number of nitrogens with one attached hydrogen (secondary N) is 1. The van der Waals surface area contributed by atoms with E-state index in [4.69, 9.17) is 0 Å². The lowest BCUT2D eigenvalue weighted by Crippen LogP contribution is -2.25. The summed E-state index contributed by atoms with van der Waals surface area (Å²) in [6.45, 7) is 3.79. The Labute approximate surface area is 90.1 Å². The van der Waals surface area contributed by atoms with Gasteiger partial charge in [-0.25, -0.2) is 0 Å². The summed E-state index contributed by atoms with van der Waals surface area (Å²) in [4.78, 5) is 10.7. The van der Waals surface area contributed by atoms with Gasteiger partial charge in [-0.05, 0) is 17.5 Å². The molecule has 1 amide bonds. The van der Waals surface area contributed by atoms with Gasteiger partial charge in [-0.2, -0.15) is 0 Å². The standard InChI is InChI=1S/C12H17NO2/c1-3-10-4-6-11(7-5-10)12(15)8-13-9(2)14/h4-7,12,15H,3,8H2,1-2H3,(H,13,14). The molecule has 0 aromatic heterocycles. The molecule has 1 aromatic carbocycles. The molecule has 3 nitrogen and oxygen atoms in total. The molecule has 0 aliphatic heterocycles. The Kier molecular flexibility index (Phi) is 4.31. The maximum absolute atomic E-state index is 10.7. The van der Waals surface area contributed by atoms with Gasteiger partial charge < -0.3 is 10.4 Å². The van der Waals surface area contributed by atoms with Crippen LogP contribution in [0.3, 0.4) is 0 Å². The molecule has 0 saturated carbocycles. The second kappa shape index (κ2) is 5.51. The first-order valence-electron chi connectivity index (χ1n) is 5.14. The lowest BCUT2D eigenvalue weighted by atomic mass is 10.1. The topological polar surface area (TPSA) is 49.3 Å². The highest BCUT2D eigenvalue weighted by Gasteiger charge is 2.07. The molecule has 1 unspecified atom stereocenters. The number of hydrogen-bond donors (Lipinski definition) is 2. The van der Waals surface area contributed by atoms with Crippen LogP contribution in [0.25, 0.3) is 0 Å². The van der Waals surface area contributed by atoms with Gasteiger partial charge in [-0.1, -0.05) is 31.2 Å². The number of rotatable bonds is 4. The van der Waals surface area contributed by atoms with Crippen molar-refractivity contribution in [3.8, 4) is 0 Å². The Bertz CT molecular complexity index is 319. The van der Waals surface area contributed by atoms with Crippen LogP contribution in [0, 0.1) is 0 Å². The SMILES string of the molecule is CCc1ccc(C(O)CNC(C)=O)cc1. The highest BCUT2D eigenvalue weighted by molar-refractivity contribution is 5.72. The molecule has 0 bridgehead atoms. The molecule has 0 heterocycles. The predicted octanol–water partition coefficient (Wildman–Crippen LogP) is 1.42. The molecule has 2 N–H and O–H groups in total. The Morgan fingerprint density at radius 1 is 1.40 bits per heavy atom. The maximum Gasteiger partial charge on any atom is 0.216 e. The summed E-state index contributed by atoms with van der Waals surface area (Å²) in [6, 6.07) is 7.77. The molecule has 0 spiro atoms. The van der Waals surface area contributed by atoms with Crippen molar-refractivity contribution >= 4 is 5.91 Å². The lowest BCUT2D eigenvalue weighted by molar-refractivity contribution is -0.119. The largest absolute Gasteiger partial charge is 0.387 e. The highest BCUT2D eigenvalue weighted by atomic mass is 16.3. The summed E-state index contributed by atoms with van der Waals surface area (Å²) in [6.07, 6.45) is 0.363. The number of amides is 1. The first kappa shape index (κ1) is 11.7. The van der Waals surface area contributed by atoms with E-state index < -0.39 is 6.10 Å². The summed E-state index contributed by atoms with van der Waals surface area (Å²) < 4.78 is 0. The molecule has 82 valence electrons. The minimum Gasteiger partial charge on any atom is -0.387 e. The van der Waals surface area contributed by atoms with Crippen molar-refractivity contribution in [3.05, 3.63) is 35.4 Å². The fraction of sp³-hybridized carbons (Fsp3) is 0.417. The monoisotopic (exact) mass is 207 g/mol. The van der Waals surface area contributed by atoms with Gasteiger partial charge in [0.2, 0.25) is 5.91 Å². The van der Waals surface area contributed by atoms with E-state index >= 15 is 0 Å². The van der Waals surface area contributed by atoms with E-state index in [1.165, 1.54) is 12.5 Å². The molecule has 3 heteroatoms. The van der Waals surface area contributed by atoms with Gasteiger partial charge in [0.05, 0.1) is 6.10 Å². The van der Waals surface area contributed by atoms with Gasteiger partial charge in [-0.3, -0.25) is 4.79 Å². The Hall–Kier alpha value is -1.35. The first-order chi connectivity index (χ1) is 7.13. The van der Waals surface area contributed by atoms with Crippen molar-refractivity contribution in [1.29, 1.82) is 0 Å². The second-order valence-electron chi connectivity index (χ2n) is 3.55. The normalized spacial score (nSPS) is 12.2. The molecule has 1 rings (SSSR count). The van der Waals surface area contributed by atoms with E-state index in [9.17, 15) is 9.90 Å². The van der Waals surface area contributed by atoms with Crippen molar-refractivity contribution in [2.75, 3.05) is 6.54 Å². The first-order valence-corrected chi connectivity index (χ1v) is 5.14. The van der Waals surface area contributed by atoms with Gasteiger partial charge in [-0.15, -0.1) is 0 Å². The van der Waals surface area contributed by atoms with Gasteiger partial charge >= 0.3 is 0 Å². The fourth-order valence-electron chi connectivity index (χ4n) is 1.33. The van der Waals surface area contributed by atoms with Crippen LogP contribution in [0.2, 0.25) is 0 Å². The molecular weight excluding hydrogens is 190 g/mol. The lowest BCUT2D eigenvalue weighted by Gasteiger charge is -2.11. The van der Waals surface area contributed by atoms with Crippen LogP contribution >= 0.6 is 0 Å². The van der Waals surface area contributed by atoms with Crippen LogP contribution in [0.5, 0.6) is 0 Å². The molecule has 0 aliphatic carbocycles. The van der Waals surface area contributed by atoms with E-state index in [0.717, 1.165) is 12.0 Å². The molecule has 1 aromatic rings. The van der Waals surface area contributed by atoms with Crippen molar-refractivity contribution in [2.45, 2.75) is 26.4 Å². The Morgan fingerprint density at radius 3 is 2.47 bits per heavy atom. The summed E-state index contributed by atoms with van der Waals surface area (Å²) in [5.41, 5.74) is 2.08. The van der Waals surface area contributed by atoms with Gasteiger partial charge in [0.25, 0.3) is 0 Å². The summed E-state index contributed by atoms with van der Waals surface area (Å²) in [7, 11) is 0. The van der Waals surface area contributed by atoms with E-state index in [2.05, 4.69) is 12.2 Å². The Morgan fingerprint density at radius 2 is 2.00 bits per heavy atom. The van der Waals surface area contributed by atoms with Crippen LogP contribution < -0.4 is 5.32 Å². The van der Waals surface area contributed by atoms with E-state index in [0.29, 0.717) is 0 Å². The van der Waals surface area contributed by atoms with Gasteiger partial charge in [0.1, 0.15) is 0 Å². The molecule has 0 saturated heterocycles. The van der Waals surface area contributed by atoms with Crippen molar-refractivity contribution < 1.29 is 9.90 Å². The van der Waals surface area contributed by atoms with Crippen molar-refractivity contribution in [1.82, 2.24) is 5.32 Å². The molecule has 0 radical (unpaired) electrons. The number of carbonyl (C=O) groups excluding carboxylic acids is 1. The van der Waals surface area contributed by atoms with Crippen molar-refractivity contribution in [3.63, 3.8) is 0 Å². The average Bonchev–Trinajstić information content (AvgIpc) is 2.26. The minimum absolute atomic E-state index is 0.126. The predicted molar refractivity (Wildman–Crippen MR) is 59.5 cm³/mol. The average molecular weight is 207 g/mol. The van der Waals surface area contributed by atoms with Crippen molar-refractivity contribution in [2.24, 2.45) is 0 Å². The molecular formula is C12H17NO2. The summed E-state index contributed by atoms with van der Waals surface area (Å²) in [5, 5.41) is 12.3. The van der Waals surface area contributed by atoms with Crippen LogP contribution in [-0.2, 0) is 11.2 Å². The maximum atomic E-state index is 10.7. The summed E-state index contributed by atoms with van der Waals surface area (Å²) >= 11 is 0. The quantitative estimate of drug-likeness (QED) is 0.784. The molecule has 1 atom stereocenters. The number of aryl methyl sites for hydroxylation is 1. The zero-order valence-electron chi connectivity index (χ0n) is 9.16. The van der Waals surface area contributed by atoms with Crippen LogP contribution in [0.1, 0.15) is 31.1 Å². The third-order valence-electron chi connectivity index (χ3n) is 2.32. The van der Waals surface area contributed by atoms with Crippen LogP contribution in [0.4, 0.5) is 0 Å². The van der Waals surface area contributed by atoms with Crippen LogP contribution in [-0.4, -0.2) is 17.6 Å². The number of hydrogen-bond acceptors (Lipinski definition) is 2. The van der Waals surface area contributed by atoms with Gasteiger partial charge in [0, 0.05) is 13.5 Å². The van der Waals surface area contributed by atoms with Gasteiger partial charge in [0.15, 0.2) is 0 Å². The zero-order chi connectivity index (χ0) is 11.3. The molecule has 15 heavy (non-hydrogen) atoms. The molecule has 0 fully saturated rings. The second-order valence-corrected chi connectivity index (χ2v) is 3.55. The fourth-order valence-corrected chi connectivity index (χ4v) is 1.33. The Balaban J connectivity index is 2.57. The smallest absolute Gasteiger partial charge is 0.216 e. The number of aliphatic hydroxyl groups is 1. The number of aliphatic hydroxyl groups excluding tert-OH is 1. The summed E-state index contributed by atoms with van der Waals surface area (Å²) in [5.74, 6) is -0.126. The third kappa shape index (κ3) is 3.72. The minimum atomic E-state index is -0.625. The third-order valence-corrected chi connectivity index (χ3v) is 2.32. The van der Waals surface area contributed by atoms with E-state index in [-0.39, 0.29) is 12.5 Å². The van der Waals surface area contributed by atoms with Crippen LogP contribution in [0.15, 0.2) is 24.3 Å². The highest BCUT2D eigenvalue weighted by Crippen LogP contribution is 2.13. The number of carbonyl (C=O) groups is 1. The van der Waals surface area contributed by atoms with E-state index in [1.807, 2.05) is 24.3 Å². The zero-order valence-corrected chi connectivity index (χ0v) is 9.16. The van der Waals surface area contributed by atoms with E-state index in [1.54, 1.807) is 0 Å². The number of benzene rings is 1. The molecule has 0 aliphatic rings.